The lowest BCUT2D eigenvalue weighted by atomic mass is 10.1. The first-order valence-corrected chi connectivity index (χ1v) is 13.7. The van der Waals surface area contributed by atoms with Crippen molar-refractivity contribution in [1.82, 2.24) is 4.98 Å². The maximum atomic E-state index is 13.7. The third-order valence-corrected chi connectivity index (χ3v) is 7.46. The number of amides is 1. The molecule has 0 saturated heterocycles. The van der Waals surface area contributed by atoms with Crippen LogP contribution >= 0.6 is 0 Å². The SMILES string of the molecule is CCCS(=O)(=O)Nc1cccc(N(C(=O)c2cccnc2)c2ccc(OC)c(OC3CCCC3)c2)c1. The van der Waals surface area contributed by atoms with Crippen molar-refractivity contribution in [2.75, 3.05) is 22.5 Å². The quantitative estimate of drug-likeness (QED) is 0.385. The topological polar surface area (TPSA) is 97.8 Å². The van der Waals surface area contributed by atoms with E-state index in [1.165, 1.54) is 11.1 Å². The monoisotopic (exact) mass is 509 g/mol. The largest absolute Gasteiger partial charge is 0.493 e. The number of hydrogen-bond acceptors (Lipinski definition) is 6. The summed E-state index contributed by atoms with van der Waals surface area (Å²) in [5.41, 5.74) is 1.83. The van der Waals surface area contributed by atoms with Crippen molar-refractivity contribution in [2.45, 2.75) is 45.1 Å². The van der Waals surface area contributed by atoms with Gasteiger partial charge in [0.15, 0.2) is 11.5 Å². The van der Waals surface area contributed by atoms with Gasteiger partial charge < -0.3 is 9.47 Å². The van der Waals surface area contributed by atoms with E-state index in [-0.39, 0.29) is 17.8 Å². The molecule has 2 aromatic carbocycles. The number of nitrogens with zero attached hydrogens (tertiary/aromatic N) is 2. The third-order valence-electron chi connectivity index (χ3n) is 5.96. The molecule has 0 unspecified atom stereocenters. The first-order valence-electron chi connectivity index (χ1n) is 12.1. The van der Waals surface area contributed by atoms with Crippen molar-refractivity contribution >= 4 is 33.0 Å². The number of carbonyl (C=O) groups excluding carboxylic acids is 1. The number of nitrogens with one attached hydrogen (secondary N) is 1. The molecule has 0 spiro atoms. The van der Waals surface area contributed by atoms with E-state index in [1.54, 1.807) is 74.8 Å². The molecule has 3 aromatic rings. The highest BCUT2D eigenvalue weighted by Gasteiger charge is 2.24. The first kappa shape index (κ1) is 25.5. The Hall–Kier alpha value is -3.59. The van der Waals surface area contributed by atoms with Crippen LogP contribution in [0, 0.1) is 0 Å². The molecule has 1 aliphatic carbocycles. The number of carbonyl (C=O) groups is 1. The fourth-order valence-electron chi connectivity index (χ4n) is 4.29. The van der Waals surface area contributed by atoms with Crippen molar-refractivity contribution < 1.29 is 22.7 Å². The Kier molecular flexibility index (Phi) is 8.10. The van der Waals surface area contributed by atoms with E-state index in [1.807, 2.05) is 0 Å². The average molecular weight is 510 g/mol. The molecule has 1 fully saturated rings. The Morgan fingerprint density at radius 1 is 1.06 bits per heavy atom. The van der Waals surface area contributed by atoms with Crippen LogP contribution in [-0.2, 0) is 10.0 Å². The van der Waals surface area contributed by atoms with Crippen LogP contribution in [0.25, 0.3) is 0 Å². The molecule has 0 radical (unpaired) electrons. The Bertz CT molecular complexity index is 1290. The number of aromatic nitrogens is 1. The minimum atomic E-state index is -3.49. The zero-order valence-electron chi connectivity index (χ0n) is 20.5. The third kappa shape index (κ3) is 6.15. The number of ether oxygens (including phenoxy) is 2. The van der Waals surface area contributed by atoms with E-state index in [4.69, 9.17) is 9.47 Å². The second-order valence-corrected chi connectivity index (χ2v) is 10.6. The summed E-state index contributed by atoms with van der Waals surface area (Å²) in [4.78, 5) is 19.3. The molecular weight excluding hydrogens is 478 g/mol. The molecule has 8 nitrogen and oxygen atoms in total. The van der Waals surface area contributed by atoms with Crippen LogP contribution in [0.3, 0.4) is 0 Å². The molecule has 0 atom stereocenters. The Morgan fingerprint density at radius 2 is 1.83 bits per heavy atom. The van der Waals surface area contributed by atoms with Gasteiger partial charge in [-0.2, -0.15) is 0 Å². The molecule has 4 rings (SSSR count). The lowest BCUT2D eigenvalue weighted by Gasteiger charge is -2.25. The highest BCUT2D eigenvalue weighted by molar-refractivity contribution is 7.92. The van der Waals surface area contributed by atoms with Gasteiger partial charge >= 0.3 is 0 Å². The van der Waals surface area contributed by atoms with Crippen LogP contribution in [0.2, 0.25) is 0 Å². The van der Waals surface area contributed by atoms with Crippen LogP contribution < -0.4 is 19.1 Å². The summed E-state index contributed by atoms with van der Waals surface area (Å²) in [6.45, 7) is 1.80. The number of methoxy groups -OCH3 is 1. The van der Waals surface area contributed by atoms with Gasteiger partial charge in [-0.1, -0.05) is 13.0 Å². The highest BCUT2D eigenvalue weighted by Crippen LogP contribution is 2.38. The molecule has 190 valence electrons. The van der Waals surface area contributed by atoms with Gasteiger partial charge in [-0.15, -0.1) is 0 Å². The van der Waals surface area contributed by atoms with E-state index >= 15 is 0 Å². The molecule has 36 heavy (non-hydrogen) atoms. The molecule has 1 aliphatic rings. The smallest absolute Gasteiger partial charge is 0.264 e. The zero-order valence-corrected chi connectivity index (χ0v) is 21.3. The van der Waals surface area contributed by atoms with Gasteiger partial charge in [0.05, 0.1) is 41.6 Å². The van der Waals surface area contributed by atoms with Crippen LogP contribution in [-0.4, -0.2) is 38.3 Å². The van der Waals surface area contributed by atoms with E-state index in [0.29, 0.717) is 40.5 Å². The summed E-state index contributed by atoms with van der Waals surface area (Å²) in [5, 5.41) is 0. The maximum Gasteiger partial charge on any atom is 0.264 e. The van der Waals surface area contributed by atoms with Gasteiger partial charge in [-0.25, -0.2) is 8.42 Å². The lowest BCUT2D eigenvalue weighted by molar-refractivity contribution is 0.0999. The fourth-order valence-corrected chi connectivity index (χ4v) is 5.42. The second kappa shape index (κ2) is 11.4. The molecule has 0 aliphatic heterocycles. The maximum absolute atomic E-state index is 13.7. The van der Waals surface area contributed by atoms with Crippen LogP contribution in [0.1, 0.15) is 49.4 Å². The zero-order chi connectivity index (χ0) is 25.5. The van der Waals surface area contributed by atoms with E-state index < -0.39 is 10.0 Å². The van der Waals surface area contributed by atoms with Gasteiger partial charge in [0.1, 0.15) is 0 Å². The van der Waals surface area contributed by atoms with Gasteiger partial charge in [0.2, 0.25) is 10.0 Å². The van der Waals surface area contributed by atoms with Crippen molar-refractivity contribution in [2.24, 2.45) is 0 Å². The molecule has 1 saturated carbocycles. The predicted molar refractivity (Wildman–Crippen MR) is 141 cm³/mol. The summed E-state index contributed by atoms with van der Waals surface area (Å²) < 4.78 is 39.1. The Morgan fingerprint density at radius 3 is 2.53 bits per heavy atom. The highest BCUT2D eigenvalue weighted by atomic mass is 32.2. The van der Waals surface area contributed by atoms with Crippen molar-refractivity contribution in [3.63, 3.8) is 0 Å². The van der Waals surface area contributed by atoms with Crippen LogP contribution in [0.15, 0.2) is 67.0 Å². The predicted octanol–water partition coefficient (Wildman–Crippen LogP) is 5.54. The van der Waals surface area contributed by atoms with E-state index in [0.717, 1.165) is 25.7 Å². The minimum Gasteiger partial charge on any atom is -0.493 e. The minimum absolute atomic E-state index is 0.00982. The number of benzene rings is 2. The van der Waals surface area contributed by atoms with Crippen molar-refractivity contribution in [1.29, 1.82) is 0 Å². The Balaban J connectivity index is 1.76. The van der Waals surface area contributed by atoms with Gasteiger partial charge in [0.25, 0.3) is 5.91 Å². The lowest BCUT2D eigenvalue weighted by Crippen LogP contribution is -2.26. The average Bonchev–Trinajstić information content (AvgIpc) is 3.38. The normalized spacial score (nSPS) is 13.8. The summed E-state index contributed by atoms with van der Waals surface area (Å²) in [7, 11) is -1.91. The van der Waals surface area contributed by atoms with Crippen molar-refractivity contribution in [3.05, 3.63) is 72.6 Å². The van der Waals surface area contributed by atoms with Gasteiger partial charge in [-0.3, -0.25) is 19.4 Å². The molecule has 1 aromatic heterocycles. The molecule has 1 N–H and O–H groups in total. The molecule has 9 heteroatoms. The van der Waals surface area contributed by atoms with Crippen LogP contribution in [0.5, 0.6) is 11.5 Å². The molecule has 0 bridgehead atoms. The van der Waals surface area contributed by atoms with E-state index in [2.05, 4.69) is 9.71 Å². The van der Waals surface area contributed by atoms with Crippen LogP contribution in [0.4, 0.5) is 17.1 Å². The van der Waals surface area contributed by atoms with E-state index in [9.17, 15) is 13.2 Å². The number of pyridine rings is 1. The van der Waals surface area contributed by atoms with Gasteiger partial charge in [0, 0.05) is 18.5 Å². The molecule has 1 heterocycles. The first-order chi connectivity index (χ1) is 17.4. The molecule has 1 amide bonds. The number of anilines is 3. The van der Waals surface area contributed by atoms with Crippen molar-refractivity contribution in [3.8, 4) is 11.5 Å². The summed E-state index contributed by atoms with van der Waals surface area (Å²) in [6, 6.07) is 15.5. The second-order valence-electron chi connectivity index (χ2n) is 8.71. The summed E-state index contributed by atoms with van der Waals surface area (Å²) >= 11 is 0. The summed E-state index contributed by atoms with van der Waals surface area (Å²) in [5.74, 6) is 0.843. The standard InChI is InChI=1S/C27H31N3O5S/c1-3-16-36(32,33)29-21-9-6-10-22(17-21)30(27(31)20-8-7-15-28-19-20)23-13-14-25(34-2)26(18-23)35-24-11-4-5-12-24/h6-10,13-15,17-19,24,29H,3-5,11-12,16H2,1-2H3. The fraction of sp³-hybridized carbons (Fsp3) is 0.333. The van der Waals surface area contributed by atoms with Gasteiger partial charge in [-0.05, 0) is 74.6 Å². The Labute approximate surface area is 212 Å². The number of rotatable bonds is 10. The molecular formula is C27H31N3O5S. The summed E-state index contributed by atoms with van der Waals surface area (Å²) in [6.07, 6.45) is 7.91. The number of hydrogen-bond donors (Lipinski definition) is 1. The number of sulfonamides is 1.